The van der Waals surface area contributed by atoms with Crippen molar-refractivity contribution in [1.29, 1.82) is 0 Å². The van der Waals surface area contributed by atoms with Gasteiger partial charge in [-0.25, -0.2) is 5.43 Å². The molecule has 0 spiro atoms. The first-order chi connectivity index (χ1) is 11.1. The predicted octanol–water partition coefficient (Wildman–Crippen LogP) is 3.93. The standard InChI is InChI=1S/C16H11BrN2O2.C2H6/c1-2-11-3-8-15(20)13(9-11)10-18-19-16(21)12-4-6-14(17)7-5-12;1-2/h1,3-10,20H,(H,19,21);1-2H3/b18-10+;. The highest BCUT2D eigenvalue weighted by atomic mass is 79.9. The first kappa shape index (κ1) is 18.5. The monoisotopic (exact) mass is 372 g/mol. The van der Waals surface area contributed by atoms with Crippen LogP contribution in [-0.2, 0) is 0 Å². The normalized spacial score (nSPS) is 9.65. The number of carbonyl (C=O) groups excluding carboxylic acids is 1. The molecule has 0 radical (unpaired) electrons. The highest BCUT2D eigenvalue weighted by molar-refractivity contribution is 9.10. The van der Waals surface area contributed by atoms with Gasteiger partial charge in [0.15, 0.2) is 0 Å². The second-order valence-corrected chi connectivity index (χ2v) is 5.04. The fourth-order valence-corrected chi connectivity index (χ4v) is 1.84. The van der Waals surface area contributed by atoms with Gasteiger partial charge in [0.25, 0.3) is 5.91 Å². The summed E-state index contributed by atoms with van der Waals surface area (Å²) < 4.78 is 0.888. The van der Waals surface area contributed by atoms with Crippen LogP contribution >= 0.6 is 15.9 Å². The molecule has 0 aliphatic carbocycles. The molecule has 4 nitrogen and oxygen atoms in total. The van der Waals surface area contributed by atoms with E-state index >= 15 is 0 Å². The topological polar surface area (TPSA) is 61.7 Å². The number of hydrazone groups is 1. The zero-order valence-electron chi connectivity index (χ0n) is 12.9. The van der Waals surface area contributed by atoms with Crippen LogP contribution in [0.15, 0.2) is 52.0 Å². The third-order valence-electron chi connectivity index (χ3n) is 2.67. The molecule has 0 fully saturated rings. The second kappa shape index (κ2) is 9.44. The zero-order valence-corrected chi connectivity index (χ0v) is 14.5. The molecule has 0 aliphatic heterocycles. The fourth-order valence-electron chi connectivity index (χ4n) is 1.57. The summed E-state index contributed by atoms with van der Waals surface area (Å²) in [4.78, 5) is 11.8. The summed E-state index contributed by atoms with van der Waals surface area (Å²) in [5, 5.41) is 13.5. The molecule has 5 heteroatoms. The number of halogens is 1. The number of phenols is 1. The second-order valence-electron chi connectivity index (χ2n) is 4.12. The Balaban J connectivity index is 0.00000127. The highest BCUT2D eigenvalue weighted by Gasteiger charge is 2.03. The van der Waals surface area contributed by atoms with Crippen molar-refractivity contribution in [2.24, 2.45) is 5.10 Å². The first-order valence-electron chi connectivity index (χ1n) is 6.99. The molecule has 0 aliphatic rings. The molecule has 2 aromatic rings. The van der Waals surface area contributed by atoms with Gasteiger partial charge in [-0.15, -0.1) is 6.42 Å². The van der Waals surface area contributed by atoms with Crippen LogP contribution in [0.2, 0.25) is 0 Å². The van der Waals surface area contributed by atoms with Gasteiger partial charge >= 0.3 is 0 Å². The van der Waals surface area contributed by atoms with Gasteiger partial charge in [0.05, 0.1) is 6.21 Å². The zero-order chi connectivity index (χ0) is 17.2. The molecule has 2 rings (SSSR count). The molecule has 0 aromatic heterocycles. The van der Waals surface area contributed by atoms with Crippen LogP contribution in [0.5, 0.6) is 5.75 Å². The molecule has 1 amide bonds. The van der Waals surface area contributed by atoms with Crippen molar-refractivity contribution in [3.8, 4) is 18.1 Å². The summed E-state index contributed by atoms with van der Waals surface area (Å²) in [6.45, 7) is 4.00. The van der Waals surface area contributed by atoms with E-state index < -0.39 is 0 Å². The van der Waals surface area contributed by atoms with Gasteiger partial charge in [-0.1, -0.05) is 35.7 Å². The minimum atomic E-state index is -0.341. The van der Waals surface area contributed by atoms with E-state index in [9.17, 15) is 9.90 Å². The Morgan fingerprint density at radius 3 is 2.52 bits per heavy atom. The average molecular weight is 373 g/mol. The van der Waals surface area contributed by atoms with Crippen LogP contribution < -0.4 is 5.43 Å². The lowest BCUT2D eigenvalue weighted by Gasteiger charge is -2.01. The predicted molar refractivity (Wildman–Crippen MR) is 96.6 cm³/mol. The summed E-state index contributed by atoms with van der Waals surface area (Å²) in [7, 11) is 0. The van der Waals surface area contributed by atoms with Gasteiger partial charge < -0.3 is 5.11 Å². The van der Waals surface area contributed by atoms with Crippen LogP contribution in [0, 0.1) is 12.3 Å². The van der Waals surface area contributed by atoms with Crippen LogP contribution in [0.1, 0.15) is 35.3 Å². The maximum atomic E-state index is 11.8. The number of carbonyl (C=O) groups is 1. The van der Waals surface area contributed by atoms with Crippen LogP contribution in [0.25, 0.3) is 0 Å². The van der Waals surface area contributed by atoms with Crippen molar-refractivity contribution in [2.75, 3.05) is 0 Å². The van der Waals surface area contributed by atoms with Crippen molar-refractivity contribution in [3.63, 3.8) is 0 Å². The Bertz CT molecular complexity index is 732. The number of phenolic OH excluding ortho intramolecular Hbond substituents is 1. The quantitative estimate of drug-likeness (QED) is 0.487. The van der Waals surface area contributed by atoms with E-state index in [0.29, 0.717) is 16.7 Å². The Morgan fingerprint density at radius 2 is 1.91 bits per heavy atom. The van der Waals surface area contributed by atoms with E-state index in [1.165, 1.54) is 12.3 Å². The number of rotatable bonds is 3. The van der Waals surface area contributed by atoms with Gasteiger partial charge in [0, 0.05) is 21.2 Å². The maximum Gasteiger partial charge on any atom is 0.271 e. The van der Waals surface area contributed by atoms with Gasteiger partial charge in [0.2, 0.25) is 0 Å². The van der Waals surface area contributed by atoms with Crippen LogP contribution in [0.4, 0.5) is 0 Å². The number of nitrogens with zero attached hydrogens (tertiary/aromatic N) is 1. The van der Waals surface area contributed by atoms with Gasteiger partial charge in [-0.2, -0.15) is 5.10 Å². The van der Waals surface area contributed by atoms with Crippen molar-refractivity contribution >= 4 is 28.1 Å². The van der Waals surface area contributed by atoms with E-state index in [4.69, 9.17) is 6.42 Å². The molecule has 0 heterocycles. The number of benzene rings is 2. The number of hydrogen-bond donors (Lipinski definition) is 2. The third kappa shape index (κ3) is 5.61. The van der Waals surface area contributed by atoms with Crippen molar-refractivity contribution in [3.05, 3.63) is 63.6 Å². The number of aromatic hydroxyl groups is 1. The summed E-state index contributed by atoms with van der Waals surface area (Å²) >= 11 is 3.29. The number of nitrogens with one attached hydrogen (secondary N) is 1. The van der Waals surface area contributed by atoms with Gasteiger partial charge in [-0.05, 0) is 42.5 Å². The molecule has 23 heavy (non-hydrogen) atoms. The third-order valence-corrected chi connectivity index (χ3v) is 3.20. The maximum absolute atomic E-state index is 11.8. The van der Waals surface area contributed by atoms with E-state index in [0.717, 1.165) is 4.47 Å². The Labute approximate surface area is 144 Å². The van der Waals surface area contributed by atoms with E-state index in [2.05, 4.69) is 32.4 Å². The van der Waals surface area contributed by atoms with Crippen molar-refractivity contribution in [2.45, 2.75) is 13.8 Å². The summed E-state index contributed by atoms with van der Waals surface area (Å²) in [6, 6.07) is 11.6. The lowest BCUT2D eigenvalue weighted by Crippen LogP contribution is -2.17. The summed E-state index contributed by atoms with van der Waals surface area (Å²) in [5.41, 5.74) is 3.92. The molecule has 2 N–H and O–H groups in total. The minimum Gasteiger partial charge on any atom is -0.507 e. The molecular weight excluding hydrogens is 356 g/mol. The van der Waals surface area contributed by atoms with E-state index in [-0.39, 0.29) is 11.7 Å². The Morgan fingerprint density at radius 1 is 1.26 bits per heavy atom. The van der Waals surface area contributed by atoms with Crippen LogP contribution in [0.3, 0.4) is 0 Å². The molecule has 0 saturated heterocycles. The molecular formula is C18H17BrN2O2. The van der Waals surface area contributed by atoms with Crippen molar-refractivity contribution < 1.29 is 9.90 Å². The summed E-state index contributed by atoms with van der Waals surface area (Å²) in [5.74, 6) is 2.16. The Hall–Kier alpha value is -2.58. The van der Waals surface area contributed by atoms with Crippen molar-refractivity contribution in [1.82, 2.24) is 5.43 Å². The Kier molecular flexibility index (Phi) is 7.58. The molecule has 0 atom stereocenters. The first-order valence-corrected chi connectivity index (χ1v) is 7.78. The smallest absolute Gasteiger partial charge is 0.271 e. The molecule has 118 valence electrons. The van der Waals surface area contributed by atoms with E-state index in [1.54, 1.807) is 36.4 Å². The number of terminal acetylenes is 1. The SMILES string of the molecule is C#Cc1ccc(O)c(/C=N/NC(=O)c2ccc(Br)cc2)c1.CC. The number of amides is 1. The summed E-state index contributed by atoms with van der Waals surface area (Å²) in [6.07, 6.45) is 6.62. The fraction of sp³-hybridized carbons (Fsp3) is 0.111. The van der Waals surface area contributed by atoms with Gasteiger partial charge in [0.1, 0.15) is 5.75 Å². The molecule has 2 aromatic carbocycles. The minimum absolute atomic E-state index is 0.0376. The van der Waals surface area contributed by atoms with E-state index in [1.807, 2.05) is 13.8 Å². The lowest BCUT2D eigenvalue weighted by atomic mass is 10.1. The average Bonchev–Trinajstić information content (AvgIpc) is 2.59. The van der Waals surface area contributed by atoms with Crippen LogP contribution in [-0.4, -0.2) is 17.2 Å². The lowest BCUT2D eigenvalue weighted by molar-refractivity contribution is 0.0955. The molecule has 0 unspecified atom stereocenters. The van der Waals surface area contributed by atoms with Gasteiger partial charge in [-0.3, -0.25) is 4.79 Å². The molecule has 0 bridgehead atoms. The molecule has 0 saturated carbocycles. The largest absolute Gasteiger partial charge is 0.507 e. The highest BCUT2D eigenvalue weighted by Crippen LogP contribution is 2.16. The number of hydrogen-bond acceptors (Lipinski definition) is 3.